The Kier molecular flexibility index (Phi) is 6.11. The number of nitrogens with two attached hydrogens (primary N) is 1. The van der Waals surface area contributed by atoms with E-state index in [1.54, 1.807) is 0 Å². The fourth-order valence-corrected chi connectivity index (χ4v) is 1.75. The van der Waals surface area contributed by atoms with Gasteiger partial charge in [-0.25, -0.2) is 0 Å². The molecule has 15 heavy (non-hydrogen) atoms. The lowest BCUT2D eigenvalue weighted by atomic mass is 9.85. The molecule has 0 aromatic rings. The molecule has 0 aliphatic heterocycles. The molecule has 0 bridgehead atoms. The van der Waals surface area contributed by atoms with Gasteiger partial charge in [-0.15, -0.1) is 0 Å². The van der Waals surface area contributed by atoms with Crippen molar-refractivity contribution >= 4 is 5.78 Å². The molecular formula is C13H27NO. The van der Waals surface area contributed by atoms with Crippen molar-refractivity contribution in [3.63, 3.8) is 0 Å². The van der Waals surface area contributed by atoms with Crippen LogP contribution < -0.4 is 5.73 Å². The number of hydrogen-bond donors (Lipinski definition) is 1. The smallest absolute Gasteiger partial charge is 0.137 e. The average molecular weight is 213 g/mol. The molecule has 0 radical (unpaired) electrons. The van der Waals surface area contributed by atoms with Crippen molar-refractivity contribution in [1.82, 2.24) is 0 Å². The minimum absolute atomic E-state index is 0.0602. The summed E-state index contributed by atoms with van der Waals surface area (Å²) in [5.41, 5.74) is 5.94. The second kappa shape index (κ2) is 6.26. The lowest BCUT2D eigenvalue weighted by Gasteiger charge is -2.20. The van der Waals surface area contributed by atoms with Crippen molar-refractivity contribution in [1.29, 1.82) is 0 Å². The summed E-state index contributed by atoms with van der Waals surface area (Å²) in [5.74, 6) is 0.777. The van der Waals surface area contributed by atoms with Crippen LogP contribution in [0.5, 0.6) is 0 Å². The van der Waals surface area contributed by atoms with Crippen LogP contribution in [0.3, 0.4) is 0 Å². The van der Waals surface area contributed by atoms with Crippen LogP contribution in [0.2, 0.25) is 0 Å². The van der Waals surface area contributed by atoms with E-state index in [4.69, 9.17) is 5.73 Å². The van der Waals surface area contributed by atoms with Crippen molar-refractivity contribution in [2.75, 3.05) is 6.54 Å². The van der Waals surface area contributed by atoms with E-state index in [9.17, 15) is 4.79 Å². The van der Waals surface area contributed by atoms with Gasteiger partial charge in [-0.3, -0.25) is 4.79 Å². The zero-order valence-electron chi connectivity index (χ0n) is 11.0. The predicted molar refractivity (Wildman–Crippen MR) is 65.7 cm³/mol. The maximum Gasteiger partial charge on any atom is 0.137 e. The van der Waals surface area contributed by atoms with Crippen molar-refractivity contribution in [2.24, 2.45) is 23.0 Å². The van der Waals surface area contributed by atoms with Crippen LogP contribution >= 0.6 is 0 Å². The first kappa shape index (κ1) is 14.6. The predicted octanol–water partition coefficient (Wildman–Crippen LogP) is 3.00. The molecule has 0 aromatic heterocycles. The molecule has 2 nitrogen and oxygen atoms in total. The quantitative estimate of drug-likeness (QED) is 0.737. The molecule has 90 valence electrons. The molecule has 0 saturated heterocycles. The minimum Gasteiger partial charge on any atom is -0.330 e. The molecule has 0 fully saturated rings. The van der Waals surface area contributed by atoms with E-state index >= 15 is 0 Å². The highest BCUT2D eigenvalue weighted by Gasteiger charge is 2.20. The van der Waals surface area contributed by atoms with Gasteiger partial charge in [0.1, 0.15) is 5.78 Å². The molecular weight excluding hydrogens is 186 g/mol. The van der Waals surface area contributed by atoms with Crippen LogP contribution in [-0.2, 0) is 4.79 Å². The molecule has 0 aliphatic rings. The van der Waals surface area contributed by atoms with E-state index in [2.05, 4.69) is 34.6 Å². The van der Waals surface area contributed by atoms with E-state index in [1.807, 2.05) is 0 Å². The third-order valence-electron chi connectivity index (χ3n) is 2.82. The molecule has 0 spiro atoms. The molecule has 0 saturated carbocycles. The van der Waals surface area contributed by atoms with Gasteiger partial charge >= 0.3 is 0 Å². The molecule has 0 aromatic carbocycles. The van der Waals surface area contributed by atoms with Crippen LogP contribution in [0.4, 0.5) is 0 Å². The summed E-state index contributed by atoms with van der Waals surface area (Å²) < 4.78 is 0. The highest BCUT2D eigenvalue weighted by Crippen LogP contribution is 2.23. The summed E-state index contributed by atoms with van der Waals surface area (Å²) in [6.45, 7) is 11.3. The molecule has 0 amide bonds. The van der Waals surface area contributed by atoms with Crippen molar-refractivity contribution in [3.8, 4) is 0 Å². The number of ketones is 1. The van der Waals surface area contributed by atoms with Gasteiger partial charge in [0.25, 0.3) is 0 Å². The fourth-order valence-electron chi connectivity index (χ4n) is 1.75. The van der Waals surface area contributed by atoms with Gasteiger partial charge in [0.2, 0.25) is 0 Å². The van der Waals surface area contributed by atoms with E-state index in [1.165, 1.54) is 0 Å². The van der Waals surface area contributed by atoms with Crippen LogP contribution in [0.1, 0.15) is 53.9 Å². The standard InChI is InChI=1S/C13H27NO/c1-10(2)11(9-14)12(15)7-6-8-13(3,4)5/h10-11H,6-9,14H2,1-5H3. The normalized spacial score (nSPS) is 14.3. The van der Waals surface area contributed by atoms with E-state index < -0.39 is 0 Å². The Bertz CT molecular complexity index is 191. The van der Waals surface area contributed by atoms with Gasteiger partial charge < -0.3 is 5.73 Å². The van der Waals surface area contributed by atoms with Gasteiger partial charge in [0.15, 0.2) is 0 Å². The van der Waals surface area contributed by atoms with Crippen molar-refractivity contribution in [3.05, 3.63) is 0 Å². The molecule has 2 heteroatoms. The third-order valence-corrected chi connectivity index (χ3v) is 2.82. The molecule has 0 heterocycles. The zero-order chi connectivity index (χ0) is 12.1. The van der Waals surface area contributed by atoms with E-state index in [-0.39, 0.29) is 5.92 Å². The summed E-state index contributed by atoms with van der Waals surface area (Å²) in [4.78, 5) is 11.8. The van der Waals surface area contributed by atoms with Crippen LogP contribution in [0.15, 0.2) is 0 Å². The van der Waals surface area contributed by atoms with E-state index in [0.29, 0.717) is 30.1 Å². The van der Waals surface area contributed by atoms with Gasteiger partial charge in [-0.2, -0.15) is 0 Å². The summed E-state index contributed by atoms with van der Waals surface area (Å²) in [7, 11) is 0. The SMILES string of the molecule is CC(C)C(CN)C(=O)CCCC(C)(C)C. The second-order valence-corrected chi connectivity index (χ2v) is 5.97. The van der Waals surface area contributed by atoms with Gasteiger partial charge in [-0.1, -0.05) is 34.6 Å². The summed E-state index contributed by atoms with van der Waals surface area (Å²) >= 11 is 0. The Labute approximate surface area is 94.6 Å². The lowest BCUT2D eigenvalue weighted by Crippen LogP contribution is -2.28. The molecule has 1 unspecified atom stereocenters. The number of carbonyl (C=O) groups excluding carboxylic acids is 1. The van der Waals surface area contributed by atoms with Gasteiger partial charge in [-0.05, 0) is 24.2 Å². The monoisotopic (exact) mass is 213 g/mol. The Balaban J connectivity index is 3.92. The molecule has 0 aliphatic carbocycles. The molecule has 2 N–H and O–H groups in total. The highest BCUT2D eigenvalue weighted by atomic mass is 16.1. The maximum atomic E-state index is 11.8. The summed E-state index contributed by atoms with van der Waals surface area (Å²) in [5, 5.41) is 0. The summed E-state index contributed by atoms with van der Waals surface area (Å²) in [6.07, 6.45) is 2.79. The first-order chi connectivity index (χ1) is 6.78. The Morgan fingerprint density at radius 2 is 1.80 bits per heavy atom. The fraction of sp³-hybridized carbons (Fsp3) is 0.923. The van der Waals surface area contributed by atoms with Crippen molar-refractivity contribution < 1.29 is 4.79 Å². The first-order valence-electron chi connectivity index (χ1n) is 6.00. The number of hydrogen-bond acceptors (Lipinski definition) is 2. The summed E-state index contributed by atoms with van der Waals surface area (Å²) in [6, 6.07) is 0. The second-order valence-electron chi connectivity index (χ2n) is 5.97. The topological polar surface area (TPSA) is 43.1 Å². The van der Waals surface area contributed by atoms with Crippen LogP contribution in [0.25, 0.3) is 0 Å². The number of rotatable bonds is 6. The Hall–Kier alpha value is -0.370. The zero-order valence-corrected chi connectivity index (χ0v) is 11.0. The largest absolute Gasteiger partial charge is 0.330 e. The maximum absolute atomic E-state index is 11.8. The lowest BCUT2D eigenvalue weighted by molar-refractivity contribution is -0.124. The van der Waals surface area contributed by atoms with Crippen LogP contribution in [-0.4, -0.2) is 12.3 Å². The first-order valence-corrected chi connectivity index (χ1v) is 6.00. The van der Waals surface area contributed by atoms with Gasteiger partial charge in [0.05, 0.1) is 0 Å². The number of carbonyl (C=O) groups is 1. The Morgan fingerprint density at radius 3 is 2.13 bits per heavy atom. The van der Waals surface area contributed by atoms with E-state index in [0.717, 1.165) is 12.8 Å². The van der Waals surface area contributed by atoms with Gasteiger partial charge in [0, 0.05) is 18.9 Å². The molecule has 1 atom stereocenters. The Morgan fingerprint density at radius 1 is 1.27 bits per heavy atom. The third kappa shape index (κ3) is 6.67. The van der Waals surface area contributed by atoms with Crippen LogP contribution in [0, 0.1) is 17.3 Å². The molecule has 0 rings (SSSR count). The van der Waals surface area contributed by atoms with Crippen molar-refractivity contribution in [2.45, 2.75) is 53.9 Å². The number of Topliss-reactive ketones (excluding diaryl/α,β-unsaturated/α-hetero) is 1. The minimum atomic E-state index is 0.0602. The highest BCUT2D eigenvalue weighted by molar-refractivity contribution is 5.81. The average Bonchev–Trinajstić information content (AvgIpc) is 2.01.